The zero-order valence-electron chi connectivity index (χ0n) is 17.8. The minimum absolute atomic E-state index is 0.286. The van der Waals surface area contributed by atoms with E-state index in [-0.39, 0.29) is 5.92 Å². The number of ether oxygens (including phenoxy) is 2. The van der Waals surface area contributed by atoms with Crippen LogP contribution in [0.1, 0.15) is 31.2 Å². The van der Waals surface area contributed by atoms with E-state index in [2.05, 4.69) is 15.6 Å². The number of fused-ring (bicyclic) bond motifs is 1. The Morgan fingerprint density at radius 1 is 1.34 bits per heavy atom. The molecule has 0 N–H and O–H groups in total. The van der Waals surface area contributed by atoms with Crippen LogP contribution in [0, 0.1) is 23.1 Å². The summed E-state index contributed by atoms with van der Waals surface area (Å²) in [4.78, 5) is 18.7. The van der Waals surface area contributed by atoms with Crippen LogP contribution < -0.4 is 9.64 Å². The third-order valence-electron chi connectivity index (χ3n) is 6.51. The normalized spacial score (nSPS) is 22.8. The van der Waals surface area contributed by atoms with Gasteiger partial charge in [-0.2, -0.15) is 5.26 Å². The lowest BCUT2D eigenvalue weighted by molar-refractivity contribution is 0.00439. The molecule has 1 spiro atoms. The van der Waals surface area contributed by atoms with Crippen LogP contribution in [0.25, 0.3) is 11.0 Å². The molecule has 0 radical (unpaired) electrons. The molecule has 2 fully saturated rings. The van der Waals surface area contributed by atoms with E-state index < -0.39 is 17.5 Å². The molecule has 1 aliphatic carbocycles. The largest absolute Gasteiger partial charge is 0.495 e. The summed E-state index contributed by atoms with van der Waals surface area (Å²) in [7, 11) is 1.50. The molecule has 0 bridgehead atoms. The Morgan fingerprint density at radius 2 is 2.22 bits per heavy atom. The molecule has 1 saturated heterocycles. The number of aromatic nitrogens is 2. The molecular formula is C24H23FN4O3. The Kier molecular flexibility index (Phi) is 4.97. The number of anilines is 1. The van der Waals surface area contributed by atoms with Crippen LogP contribution in [0.2, 0.25) is 0 Å². The molecule has 3 aromatic rings. The van der Waals surface area contributed by atoms with Gasteiger partial charge in [0, 0.05) is 12.6 Å². The Bertz CT molecular complexity index is 1230. The third-order valence-corrected chi connectivity index (χ3v) is 6.51. The summed E-state index contributed by atoms with van der Waals surface area (Å²) < 4.78 is 27.2. The van der Waals surface area contributed by atoms with Crippen LogP contribution in [0.4, 0.5) is 14.9 Å². The van der Waals surface area contributed by atoms with E-state index in [9.17, 15) is 14.4 Å². The van der Waals surface area contributed by atoms with Crippen LogP contribution in [0.3, 0.4) is 0 Å². The van der Waals surface area contributed by atoms with Crippen molar-refractivity contribution in [3.05, 3.63) is 54.1 Å². The van der Waals surface area contributed by atoms with E-state index in [4.69, 9.17) is 9.47 Å². The number of benzene rings is 2. The van der Waals surface area contributed by atoms with Gasteiger partial charge in [0.2, 0.25) is 0 Å². The second-order valence-electron chi connectivity index (χ2n) is 8.63. The van der Waals surface area contributed by atoms with Gasteiger partial charge in [0.15, 0.2) is 0 Å². The predicted octanol–water partition coefficient (Wildman–Crippen LogP) is 4.64. The monoisotopic (exact) mass is 434 g/mol. The minimum atomic E-state index is -0.606. The Labute approximate surface area is 185 Å². The molecule has 2 heterocycles. The molecule has 2 aromatic carbocycles. The quantitative estimate of drug-likeness (QED) is 0.598. The molecule has 5 rings (SSSR count). The first kappa shape index (κ1) is 20.3. The van der Waals surface area contributed by atoms with Crippen molar-refractivity contribution in [2.45, 2.75) is 37.8 Å². The summed E-state index contributed by atoms with van der Waals surface area (Å²) >= 11 is 0. The molecule has 2 unspecified atom stereocenters. The fourth-order valence-corrected chi connectivity index (χ4v) is 5.07. The molecule has 8 heteroatoms. The number of carbonyl (C=O) groups excluding carboxylic acids is 1. The van der Waals surface area contributed by atoms with Gasteiger partial charge in [-0.05, 0) is 61.9 Å². The van der Waals surface area contributed by atoms with Gasteiger partial charge in [-0.1, -0.05) is 0 Å². The molecular weight excluding hydrogens is 411 g/mol. The number of nitriles is 1. The number of methoxy groups -OCH3 is 1. The number of rotatable bonds is 4. The zero-order valence-corrected chi connectivity index (χ0v) is 17.8. The summed E-state index contributed by atoms with van der Waals surface area (Å²) in [5.41, 5.74) is 2.17. The van der Waals surface area contributed by atoms with Gasteiger partial charge in [-0.3, -0.25) is 4.90 Å². The second-order valence-corrected chi connectivity index (χ2v) is 8.63. The first-order valence-corrected chi connectivity index (χ1v) is 10.7. The van der Waals surface area contributed by atoms with Crippen molar-refractivity contribution < 1.29 is 18.7 Å². The lowest BCUT2D eigenvalue weighted by Gasteiger charge is -2.36. The van der Waals surface area contributed by atoms with E-state index in [1.54, 1.807) is 12.4 Å². The maximum absolute atomic E-state index is 13.9. The van der Waals surface area contributed by atoms with E-state index in [0.29, 0.717) is 30.0 Å². The molecule has 2 atom stereocenters. The first-order valence-electron chi connectivity index (χ1n) is 10.7. The average Bonchev–Trinajstić information content (AvgIpc) is 3.33. The van der Waals surface area contributed by atoms with Crippen molar-refractivity contribution in [3.8, 4) is 11.8 Å². The van der Waals surface area contributed by atoms with Crippen molar-refractivity contribution in [1.82, 2.24) is 9.55 Å². The molecule has 1 saturated carbocycles. The molecule has 1 aliphatic heterocycles. The van der Waals surface area contributed by atoms with Crippen LogP contribution in [0.5, 0.6) is 5.75 Å². The van der Waals surface area contributed by atoms with Gasteiger partial charge in [0.05, 0.1) is 48.3 Å². The zero-order chi connectivity index (χ0) is 22.3. The van der Waals surface area contributed by atoms with Gasteiger partial charge < -0.3 is 14.0 Å². The van der Waals surface area contributed by atoms with Gasteiger partial charge in [0.25, 0.3) is 0 Å². The maximum atomic E-state index is 13.9. The number of hydrogen-bond donors (Lipinski definition) is 0. The number of halogens is 1. The minimum Gasteiger partial charge on any atom is -0.495 e. The highest BCUT2D eigenvalue weighted by Crippen LogP contribution is 2.43. The fraction of sp³-hybridized carbons (Fsp3) is 0.375. The SMILES string of the molecule is COc1ccc(F)cc1N1CC2(CCCC(Cn3cnc4ccc(C#N)cc43)C2)OC1=O. The Balaban J connectivity index is 1.37. The van der Waals surface area contributed by atoms with Crippen molar-refractivity contribution in [3.63, 3.8) is 0 Å². The highest BCUT2D eigenvalue weighted by Gasteiger charge is 2.49. The summed E-state index contributed by atoms with van der Waals surface area (Å²) in [5.74, 6) is 0.291. The maximum Gasteiger partial charge on any atom is 0.415 e. The van der Waals surface area contributed by atoms with Crippen LogP contribution in [0.15, 0.2) is 42.7 Å². The summed E-state index contributed by atoms with van der Waals surface area (Å²) in [5, 5.41) is 9.22. The second kappa shape index (κ2) is 7.83. The van der Waals surface area contributed by atoms with Crippen LogP contribution >= 0.6 is 0 Å². The molecule has 2 aliphatic rings. The first-order chi connectivity index (χ1) is 15.5. The molecule has 1 amide bonds. The molecule has 32 heavy (non-hydrogen) atoms. The van der Waals surface area contributed by atoms with E-state index in [1.807, 2.05) is 12.1 Å². The van der Waals surface area contributed by atoms with Gasteiger partial charge in [-0.25, -0.2) is 14.2 Å². The topological polar surface area (TPSA) is 80.4 Å². The smallest absolute Gasteiger partial charge is 0.415 e. The summed E-state index contributed by atoms with van der Waals surface area (Å²) in [6, 6.07) is 11.8. The fourth-order valence-electron chi connectivity index (χ4n) is 5.07. The highest BCUT2D eigenvalue weighted by molar-refractivity contribution is 5.92. The van der Waals surface area contributed by atoms with Gasteiger partial charge >= 0.3 is 6.09 Å². The van der Waals surface area contributed by atoms with Gasteiger partial charge in [-0.15, -0.1) is 0 Å². The van der Waals surface area contributed by atoms with Crippen molar-refractivity contribution >= 4 is 22.8 Å². The van der Waals surface area contributed by atoms with Crippen molar-refractivity contribution in [2.75, 3.05) is 18.6 Å². The third kappa shape index (κ3) is 3.54. The summed E-state index contributed by atoms with van der Waals surface area (Å²) in [6.07, 6.45) is 4.76. The number of carbonyl (C=O) groups is 1. The molecule has 164 valence electrons. The predicted molar refractivity (Wildman–Crippen MR) is 116 cm³/mol. The molecule has 7 nitrogen and oxygen atoms in total. The average molecular weight is 434 g/mol. The highest BCUT2D eigenvalue weighted by atomic mass is 19.1. The lowest BCUT2D eigenvalue weighted by Crippen LogP contribution is -2.40. The van der Waals surface area contributed by atoms with Crippen molar-refractivity contribution in [2.24, 2.45) is 5.92 Å². The molecule has 1 aromatic heterocycles. The lowest BCUT2D eigenvalue weighted by atomic mass is 9.78. The van der Waals surface area contributed by atoms with Crippen molar-refractivity contribution in [1.29, 1.82) is 5.26 Å². The number of hydrogen-bond acceptors (Lipinski definition) is 5. The number of amides is 1. The Hall–Kier alpha value is -3.60. The number of imidazole rings is 1. The van der Waals surface area contributed by atoms with Gasteiger partial charge in [0.1, 0.15) is 17.2 Å². The van der Waals surface area contributed by atoms with E-state index >= 15 is 0 Å². The van der Waals surface area contributed by atoms with Crippen LogP contribution in [-0.4, -0.2) is 34.9 Å². The summed E-state index contributed by atoms with van der Waals surface area (Å²) in [6.45, 7) is 1.10. The van der Waals surface area contributed by atoms with E-state index in [1.165, 1.54) is 30.2 Å². The Morgan fingerprint density at radius 3 is 3.03 bits per heavy atom. The number of nitrogens with zero attached hydrogens (tertiary/aromatic N) is 4. The standard InChI is InChI=1S/C24H23FN4O3/c1-31-22-7-5-18(25)10-21(22)29-14-24(32-23(29)30)8-2-3-17(11-24)13-28-15-27-19-6-4-16(12-26)9-20(19)28/h4-7,9-10,15,17H,2-3,8,11,13-14H2,1H3. The van der Waals surface area contributed by atoms with E-state index in [0.717, 1.165) is 36.8 Å². The van der Waals surface area contributed by atoms with Crippen LogP contribution in [-0.2, 0) is 11.3 Å².